The molecule has 1 heterocycles. The summed E-state index contributed by atoms with van der Waals surface area (Å²) in [6.07, 6.45) is 2.48. The smallest absolute Gasteiger partial charge is 0.243 e. The molecule has 0 saturated heterocycles. The van der Waals surface area contributed by atoms with E-state index in [1.54, 1.807) is 18.5 Å². The Kier molecular flexibility index (Phi) is 5.19. The molecule has 0 atom stereocenters. The van der Waals surface area contributed by atoms with Gasteiger partial charge < -0.3 is 10.2 Å². The summed E-state index contributed by atoms with van der Waals surface area (Å²) in [5.74, 6) is 0. The highest BCUT2D eigenvalue weighted by atomic mass is 32.2. The fourth-order valence-electron chi connectivity index (χ4n) is 1.76. The maximum Gasteiger partial charge on any atom is 0.243 e. The number of hydrogen-bond acceptors (Lipinski definition) is 5. The second-order valence-corrected chi connectivity index (χ2v) is 8.57. The van der Waals surface area contributed by atoms with Gasteiger partial charge in [0.15, 0.2) is 0 Å². The fourth-order valence-corrected chi connectivity index (χ4v) is 4.14. The van der Waals surface area contributed by atoms with Gasteiger partial charge in [0.2, 0.25) is 10.0 Å². The Hall–Kier alpha value is -0.470. The van der Waals surface area contributed by atoms with E-state index in [0.29, 0.717) is 17.5 Å². The molecule has 1 N–H and O–H groups in total. The van der Waals surface area contributed by atoms with Gasteiger partial charge in [-0.25, -0.2) is 8.42 Å². The van der Waals surface area contributed by atoms with Crippen molar-refractivity contribution in [3.05, 3.63) is 16.3 Å². The lowest BCUT2D eigenvalue weighted by Gasteiger charge is -2.18. The highest BCUT2D eigenvalue weighted by molar-refractivity contribution is 7.89. The molecule has 1 aromatic heterocycles. The lowest BCUT2D eigenvalue weighted by Crippen LogP contribution is -2.33. The number of nitrogens with one attached hydrogen (secondary N) is 1. The zero-order chi connectivity index (χ0) is 14.8. The summed E-state index contributed by atoms with van der Waals surface area (Å²) in [5, 5.41) is 5.14. The second kappa shape index (κ2) is 6.53. The molecule has 0 unspecified atom stereocenters. The minimum Gasteiger partial charge on any atom is -0.309 e. The maximum absolute atomic E-state index is 12.4. The van der Waals surface area contributed by atoms with Gasteiger partial charge in [0.05, 0.1) is 4.90 Å². The van der Waals surface area contributed by atoms with Crippen LogP contribution in [0.25, 0.3) is 0 Å². The van der Waals surface area contributed by atoms with Gasteiger partial charge in [-0.1, -0.05) is 0 Å². The molecule has 0 radical (unpaired) electrons. The summed E-state index contributed by atoms with van der Waals surface area (Å²) >= 11 is 1.51. The Labute approximate surface area is 125 Å². The molecule has 0 bridgehead atoms. The van der Waals surface area contributed by atoms with E-state index in [-0.39, 0.29) is 0 Å². The zero-order valence-electron chi connectivity index (χ0n) is 12.3. The third kappa shape index (κ3) is 4.26. The highest BCUT2D eigenvalue weighted by Crippen LogP contribution is 2.24. The average Bonchev–Trinajstić information content (AvgIpc) is 3.09. The normalized spacial score (nSPS) is 16.2. The molecular weight excluding hydrogens is 294 g/mol. The molecule has 5 nitrogen and oxygen atoms in total. The molecule has 0 aliphatic heterocycles. The van der Waals surface area contributed by atoms with Crippen LogP contribution in [0.1, 0.15) is 17.7 Å². The Morgan fingerprint density at radius 2 is 2.00 bits per heavy atom. The first-order chi connectivity index (χ1) is 9.39. The standard InChI is InChI=1S/C13H23N3O2S2/c1-15(2)6-7-16(3)20(17,18)13-8-12(19-10-13)9-14-11-4-5-11/h8,10-11,14H,4-7,9H2,1-3H3. The largest absolute Gasteiger partial charge is 0.309 e. The van der Waals surface area contributed by atoms with Crippen LogP contribution >= 0.6 is 11.3 Å². The molecule has 1 aliphatic rings. The summed E-state index contributed by atoms with van der Waals surface area (Å²) in [6.45, 7) is 1.99. The Morgan fingerprint density at radius 1 is 1.30 bits per heavy atom. The molecule has 1 aliphatic carbocycles. The van der Waals surface area contributed by atoms with Crippen LogP contribution in [0.5, 0.6) is 0 Å². The molecule has 1 fully saturated rings. The Bertz CT molecular complexity index is 536. The van der Waals surface area contributed by atoms with E-state index in [2.05, 4.69) is 5.32 Å². The minimum atomic E-state index is -3.35. The lowest BCUT2D eigenvalue weighted by molar-refractivity contribution is 0.358. The number of nitrogens with zero attached hydrogens (tertiary/aromatic N) is 2. The molecule has 2 rings (SSSR count). The van der Waals surface area contributed by atoms with Crippen molar-refractivity contribution in [1.82, 2.24) is 14.5 Å². The van der Waals surface area contributed by atoms with Crippen molar-refractivity contribution in [3.8, 4) is 0 Å². The molecule has 20 heavy (non-hydrogen) atoms. The molecule has 1 aromatic rings. The molecule has 7 heteroatoms. The molecule has 1 saturated carbocycles. The predicted octanol–water partition coefficient (Wildman–Crippen LogP) is 1.18. The van der Waals surface area contributed by atoms with Gasteiger partial charge in [-0.3, -0.25) is 0 Å². The van der Waals surface area contributed by atoms with Crippen molar-refractivity contribution in [2.24, 2.45) is 0 Å². The van der Waals surface area contributed by atoms with Gasteiger partial charge in [-0.15, -0.1) is 11.3 Å². The van der Waals surface area contributed by atoms with E-state index in [1.807, 2.05) is 19.0 Å². The van der Waals surface area contributed by atoms with Gasteiger partial charge in [0.1, 0.15) is 0 Å². The van der Waals surface area contributed by atoms with Crippen LogP contribution in [-0.2, 0) is 16.6 Å². The number of likely N-dealkylation sites (N-methyl/N-ethyl adjacent to an activating group) is 2. The third-order valence-electron chi connectivity index (χ3n) is 3.34. The van der Waals surface area contributed by atoms with Gasteiger partial charge in [0, 0.05) is 43.0 Å². The van der Waals surface area contributed by atoms with E-state index in [9.17, 15) is 8.42 Å². The topological polar surface area (TPSA) is 52.7 Å². The van der Waals surface area contributed by atoms with Gasteiger partial charge in [-0.05, 0) is 33.0 Å². The quantitative estimate of drug-likeness (QED) is 0.782. The zero-order valence-corrected chi connectivity index (χ0v) is 13.9. The van der Waals surface area contributed by atoms with Crippen molar-refractivity contribution in [2.75, 3.05) is 34.2 Å². The van der Waals surface area contributed by atoms with E-state index in [1.165, 1.54) is 28.5 Å². The van der Waals surface area contributed by atoms with Crippen molar-refractivity contribution >= 4 is 21.4 Å². The first-order valence-electron chi connectivity index (χ1n) is 6.81. The Balaban J connectivity index is 1.96. The van der Waals surface area contributed by atoms with E-state index < -0.39 is 10.0 Å². The van der Waals surface area contributed by atoms with E-state index in [4.69, 9.17) is 0 Å². The van der Waals surface area contributed by atoms with Gasteiger partial charge in [-0.2, -0.15) is 4.31 Å². The number of sulfonamides is 1. The van der Waals surface area contributed by atoms with Crippen LogP contribution in [0.15, 0.2) is 16.3 Å². The summed E-state index contributed by atoms with van der Waals surface area (Å²) in [7, 11) is 2.16. The number of hydrogen-bond donors (Lipinski definition) is 1. The summed E-state index contributed by atoms with van der Waals surface area (Å²) in [5.41, 5.74) is 0. The first-order valence-corrected chi connectivity index (χ1v) is 9.13. The highest BCUT2D eigenvalue weighted by Gasteiger charge is 2.23. The predicted molar refractivity (Wildman–Crippen MR) is 82.6 cm³/mol. The second-order valence-electron chi connectivity index (χ2n) is 5.53. The van der Waals surface area contributed by atoms with Crippen LogP contribution in [0.3, 0.4) is 0 Å². The summed E-state index contributed by atoms with van der Waals surface area (Å²) in [4.78, 5) is 3.47. The molecule has 114 valence electrons. The average molecular weight is 317 g/mol. The molecular formula is C13H23N3O2S2. The molecule has 0 spiro atoms. The SMILES string of the molecule is CN(C)CCN(C)S(=O)(=O)c1csc(CNC2CC2)c1. The summed E-state index contributed by atoms with van der Waals surface area (Å²) in [6, 6.07) is 2.43. The maximum atomic E-state index is 12.4. The first kappa shape index (κ1) is 15.9. The van der Waals surface area contributed by atoms with E-state index in [0.717, 1.165) is 18.0 Å². The lowest BCUT2D eigenvalue weighted by atomic mass is 10.4. The van der Waals surface area contributed by atoms with Gasteiger partial charge >= 0.3 is 0 Å². The summed E-state index contributed by atoms with van der Waals surface area (Å²) < 4.78 is 26.2. The molecule has 0 aromatic carbocycles. The Morgan fingerprint density at radius 3 is 2.60 bits per heavy atom. The monoisotopic (exact) mass is 317 g/mol. The number of thiophene rings is 1. The van der Waals surface area contributed by atoms with Crippen LogP contribution < -0.4 is 5.32 Å². The van der Waals surface area contributed by atoms with Crippen LogP contribution in [0.4, 0.5) is 0 Å². The number of rotatable bonds is 8. The van der Waals surface area contributed by atoms with Crippen molar-refractivity contribution in [2.45, 2.75) is 30.3 Å². The molecule has 0 amide bonds. The van der Waals surface area contributed by atoms with Crippen LogP contribution in [-0.4, -0.2) is 57.9 Å². The third-order valence-corrected chi connectivity index (χ3v) is 6.26. The van der Waals surface area contributed by atoms with Gasteiger partial charge in [0.25, 0.3) is 0 Å². The van der Waals surface area contributed by atoms with Crippen molar-refractivity contribution < 1.29 is 8.42 Å². The van der Waals surface area contributed by atoms with Crippen LogP contribution in [0.2, 0.25) is 0 Å². The van der Waals surface area contributed by atoms with Crippen molar-refractivity contribution in [3.63, 3.8) is 0 Å². The fraction of sp³-hybridized carbons (Fsp3) is 0.692. The minimum absolute atomic E-state index is 0.413. The van der Waals surface area contributed by atoms with E-state index >= 15 is 0 Å². The van der Waals surface area contributed by atoms with Crippen LogP contribution in [0, 0.1) is 0 Å². The van der Waals surface area contributed by atoms with Crippen molar-refractivity contribution in [1.29, 1.82) is 0 Å².